The summed E-state index contributed by atoms with van der Waals surface area (Å²) in [4.78, 5) is 15.1. The van der Waals surface area contributed by atoms with Crippen molar-refractivity contribution >= 4 is 11.9 Å². The second-order valence-electron chi connectivity index (χ2n) is 8.55. The molecule has 2 aromatic carbocycles. The normalized spacial score (nSPS) is 21.4. The maximum absolute atomic E-state index is 13.6. The largest absolute Gasteiger partial charge is 0.495 e. The highest BCUT2D eigenvalue weighted by atomic mass is 19.1. The highest BCUT2D eigenvalue weighted by Gasteiger charge is 2.45. The molecule has 0 bridgehead atoms. The van der Waals surface area contributed by atoms with Crippen LogP contribution in [0.4, 0.5) is 4.39 Å². The molecule has 1 fully saturated rings. The Labute approximate surface area is 197 Å². The topological polar surface area (TPSA) is 72.1 Å². The Hall–Kier alpha value is -3.49. The number of aromatic nitrogens is 2. The average molecular weight is 463 g/mol. The Morgan fingerprint density at radius 2 is 2.06 bits per heavy atom. The van der Waals surface area contributed by atoms with Crippen LogP contribution in [0.3, 0.4) is 0 Å². The van der Waals surface area contributed by atoms with Gasteiger partial charge in [0.2, 0.25) is 0 Å². The van der Waals surface area contributed by atoms with Gasteiger partial charge in [-0.05, 0) is 60.4 Å². The van der Waals surface area contributed by atoms with Crippen LogP contribution < -0.4 is 4.74 Å². The SMILES string of the molecule is COc1cc(/C=C2\CCON3C2=NCCC3(CO)c2ccc(F)cc2)ccc1-n1cnc(C)c1. The van der Waals surface area contributed by atoms with E-state index in [4.69, 9.17) is 14.6 Å². The van der Waals surface area contributed by atoms with E-state index in [2.05, 4.69) is 11.1 Å². The Kier molecular flexibility index (Phi) is 5.93. The number of hydroxylamine groups is 2. The van der Waals surface area contributed by atoms with Crippen molar-refractivity contribution in [1.29, 1.82) is 0 Å². The van der Waals surface area contributed by atoms with Gasteiger partial charge >= 0.3 is 0 Å². The van der Waals surface area contributed by atoms with E-state index in [1.54, 1.807) is 30.6 Å². The Morgan fingerprint density at radius 1 is 1.24 bits per heavy atom. The third-order valence-corrected chi connectivity index (χ3v) is 6.42. The van der Waals surface area contributed by atoms with E-state index >= 15 is 0 Å². The van der Waals surface area contributed by atoms with E-state index in [-0.39, 0.29) is 12.4 Å². The van der Waals surface area contributed by atoms with Gasteiger partial charge in [0.1, 0.15) is 17.1 Å². The molecule has 1 atom stereocenters. The van der Waals surface area contributed by atoms with Crippen molar-refractivity contribution in [2.24, 2.45) is 4.99 Å². The zero-order valence-electron chi connectivity index (χ0n) is 19.2. The minimum atomic E-state index is -0.814. The molecular formula is C26H27FN4O3. The number of aryl methyl sites for hydroxylation is 1. The standard InChI is InChI=1S/C26H27FN4O3/c1-18-15-30(17-29-18)23-8-3-19(14-24(23)33-2)13-20-9-12-34-31-25(20)28-11-10-26(31,16-32)21-4-6-22(27)7-5-21/h3-8,13-15,17,32H,9-12,16H2,1-2H3/b20-13+. The first-order chi connectivity index (χ1) is 16.5. The summed E-state index contributed by atoms with van der Waals surface area (Å²) in [6.07, 6.45) is 7.05. The third kappa shape index (κ3) is 3.89. The first-order valence-corrected chi connectivity index (χ1v) is 11.3. The number of amidine groups is 1. The zero-order chi connectivity index (χ0) is 23.7. The molecule has 3 heterocycles. The molecule has 1 unspecified atom stereocenters. The van der Waals surface area contributed by atoms with Gasteiger partial charge in [-0.2, -0.15) is 0 Å². The summed E-state index contributed by atoms with van der Waals surface area (Å²) in [7, 11) is 1.65. The summed E-state index contributed by atoms with van der Waals surface area (Å²) >= 11 is 0. The molecule has 7 nitrogen and oxygen atoms in total. The summed E-state index contributed by atoms with van der Waals surface area (Å²) in [6, 6.07) is 12.3. The maximum Gasteiger partial charge on any atom is 0.152 e. The van der Waals surface area contributed by atoms with Crippen LogP contribution in [-0.2, 0) is 10.4 Å². The van der Waals surface area contributed by atoms with E-state index in [1.165, 1.54) is 12.1 Å². The number of halogens is 1. The summed E-state index contributed by atoms with van der Waals surface area (Å²) in [5.41, 5.74) is 3.80. The second kappa shape index (κ2) is 9.04. The van der Waals surface area contributed by atoms with Gasteiger partial charge < -0.3 is 14.4 Å². The molecule has 5 rings (SSSR count). The molecule has 0 spiro atoms. The van der Waals surface area contributed by atoms with Crippen LogP contribution in [-0.4, -0.2) is 52.4 Å². The van der Waals surface area contributed by atoms with Crippen molar-refractivity contribution in [3.8, 4) is 11.4 Å². The predicted octanol–water partition coefficient (Wildman–Crippen LogP) is 4.04. The molecule has 2 aliphatic heterocycles. The highest BCUT2D eigenvalue weighted by Crippen LogP contribution is 2.39. The van der Waals surface area contributed by atoms with E-state index in [1.807, 2.05) is 35.9 Å². The summed E-state index contributed by atoms with van der Waals surface area (Å²) in [5, 5.41) is 12.2. The van der Waals surface area contributed by atoms with Gasteiger partial charge in [-0.25, -0.2) is 14.4 Å². The molecule has 0 aliphatic carbocycles. The van der Waals surface area contributed by atoms with Crippen molar-refractivity contribution in [3.63, 3.8) is 0 Å². The molecule has 3 aromatic rings. The van der Waals surface area contributed by atoms with Crippen molar-refractivity contribution < 1.29 is 19.1 Å². The molecule has 0 radical (unpaired) electrons. The number of fused-ring (bicyclic) bond motifs is 1. The van der Waals surface area contributed by atoms with Crippen LogP contribution in [0.5, 0.6) is 5.75 Å². The monoisotopic (exact) mass is 462 g/mol. The molecule has 0 saturated carbocycles. The molecule has 8 heteroatoms. The van der Waals surface area contributed by atoms with Crippen molar-refractivity contribution in [2.75, 3.05) is 26.9 Å². The number of hydrogen-bond donors (Lipinski definition) is 1. The number of methoxy groups -OCH3 is 1. The van der Waals surface area contributed by atoms with E-state index in [0.717, 1.165) is 33.8 Å². The number of hydrogen-bond acceptors (Lipinski definition) is 6. The van der Waals surface area contributed by atoms with Crippen LogP contribution in [0.25, 0.3) is 11.8 Å². The average Bonchev–Trinajstić information content (AvgIpc) is 3.30. The van der Waals surface area contributed by atoms with Gasteiger partial charge in [0.25, 0.3) is 0 Å². The molecule has 34 heavy (non-hydrogen) atoms. The lowest BCUT2D eigenvalue weighted by atomic mass is 9.84. The van der Waals surface area contributed by atoms with Gasteiger partial charge in [0.05, 0.1) is 38.0 Å². The van der Waals surface area contributed by atoms with Gasteiger partial charge in [-0.1, -0.05) is 18.2 Å². The van der Waals surface area contributed by atoms with Gasteiger partial charge in [0.15, 0.2) is 5.84 Å². The maximum atomic E-state index is 13.6. The minimum absolute atomic E-state index is 0.169. The fourth-order valence-electron chi connectivity index (χ4n) is 4.64. The van der Waals surface area contributed by atoms with Gasteiger partial charge in [-0.15, -0.1) is 0 Å². The number of nitrogens with zero attached hydrogens (tertiary/aromatic N) is 4. The lowest BCUT2D eigenvalue weighted by molar-refractivity contribution is -0.194. The number of benzene rings is 2. The Morgan fingerprint density at radius 3 is 2.76 bits per heavy atom. The van der Waals surface area contributed by atoms with E-state index in [9.17, 15) is 9.50 Å². The summed E-state index contributed by atoms with van der Waals surface area (Å²) in [6.45, 7) is 2.77. The van der Waals surface area contributed by atoms with Crippen molar-refractivity contribution in [3.05, 3.63) is 83.2 Å². The third-order valence-electron chi connectivity index (χ3n) is 6.42. The van der Waals surface area contributed by atoms with Crippen LogP contribution >= 0.6 is 0 Å². The fraction of sp³-hybridized carbons (Fsp3) is 0.308. The van der Waals surface area contributed by atoms with Crippen LogP contribution in [0, 0.1) is 12.7 Å². The predicted molar refractivity (Wildman–Crippen MR) is 127 cm³/mol. The lowest BCUT2D eigenvalue weighted by Gasteiger charge is -2.48. The number of rotatable bonds is 5. The van der Waals surface area contributed by atoms with Crippen molar-refractivity contribution in [1.82, 2.24) is 14.6 Å². The zero-order valence-corrected chi connectivity index (χ0v) is 19.2. The molecule has 1 saturated heterocycles. The molecule has 176 valence electrons. The van der Waals surface area contributed by atoms with Gasteiger partial charge in [0, 0.05) is 19.2 Å². The number of aliphatic imine (C=N–C) groups is 1. The van der Waals surface area contributed by atoms with Crippen molar-refractivity contribution in [2.45, 2.75) is 25.3 Å². The first kappa shape index (κ1) is 22.3. The van der Waals surface area contributed by atoms with Gasteiger partial charge in [-0.3, -0.25) is 9.83 Å². The fourth-order valence-corrected chi connectivity index (χ4v) is 4.64. The molecule has 2 aliphatic rings. The minimum Gasteiger partial charge on any atom is -0.495 e. The molecule has 1 aromatic heterocycles. The number of imidazole rings is 1. The molecule has 0 amide bonds. The summed E-state index contributed by atoms with van der Waals surface area (Å²) < 4.78 is 21.2. The quantitative estimate of drug-likeness (QED) is 0.620. The smallest absolute Gasteiger partial charge is 0.152 e. The summed E-state index contributed by atoms with van der Waals surface area (Å²) in [5.74, 6) is 1.12. The number of aliphatic hydroxyl groups is 1. The second-order valence-corrected chi connectivity index (χ2v) is 8.55. The Balaban J connectivity index is 1.50. The molecular weight excluding hydrogens is 435 g/mol. The number of aliphatic hydroxyl groups excluding tert-OH is 1. The lowest BCUT2D eigenvalue weighted by Crippen LogP contribution is -2.56. The first-order valence-electron chi connectivity index (χ1n) is 11.3. The number of ether oxygens (including phenoxy) is 1. The van der Waals surface area contributed by atoms with Crippen LogP contribution in [0.1, 0.15) is 29.7 Å². The molecule has 1 N–H and O–H groups in total. The van der Waals surface area contributed by atoms with Crippen LogP contribution in [0.2, 0.25) is 0 Å². The van der Waals surface area contributed by atoms with E-state index < -0.39 is 5.54 Å². The van der Waals surface area contributed by atoms with Crippen LogP contribution in [0.15, 0.2) is 65.6 Å². The highest BCUT2D eigenvalue weighted by molar-refractivity contribution is 6.03. The Bertz CT molecular complexity index is 1250. The van der Waals surface area contributed by atoms with E-state index in [0.29, 0.717) is 31.8 Å².